The van der Waals surface area contributed by atoms with Crippen molar-refractivity contribution >= 4 is 10.0 Å². The Morgan fingerprint density at radius 2 is 1.82 bits per heavy atom. The van der Waals surface area contributed by atoms with Gasteiger partial charge in [0.1, 0.15) is 0 Å². The molecule has 2 aliphatic rings. The van der Waals surface area contributed by atoms with E-state index in [1.807, 2.05) is 12.1 Å². The molecule has 1 N–H and O–H groups in total. The lowest BCUT2D eigenvalue weighted by Gasteiger charge is -2.27. The molecule has 3 rings (SSSR count). The minimum absolute atomic E-state index is 0.433. The van der Waals surface area contributed by atoms with Crippen molar-refractivity contribution in [2.24, 2.45) is 0 Å². The van der Waals surface area contributed by atoms with Crippen LogP contribution in [0.3, 0.4) is 0 Å². The molecular weight excluding hydrogens is 300 g/mol. The molecule has 0 spiro atoms. The first kappa shape index (κ1) is 15.9. The quantitative estimate of drug-likeness (QED) is 0.896. The Labute approximate surface area is 132 Å². The number of hydrogen-bond donors (Lipinski definition) is 1. The molecule has 0 bridgehead atoms. The number of rotatable bonds is 5. The fourth-order valence-electron chi connectivity index (χ4n) is 3.21. The summed E-state index contributed by atoms with van der Waals surface area (Å²) in [6, 6.07) is 7.86. The molecule has 1 saturated heterocycles. The van der Waals surface area contributed by atoms with Gasteiger partial charge in [0.15, 0.2) is 0 Å². The summed E-state index contributed by atoms with van der Waals surface area (Å²) < 4.78 is 32.5. The molecule has 1 aromatic carbocycles. The third-order valence-corrected chi connectivity index (χ3v) is 6.50. The molecule has 2 fully saturated rings. The predicted molar refractivity (Wildman–Crippen MR) is 85.1 cm³/mol. The molecule has 1 aromatic rings. The maximum Gasteiger partial charge on any atom is 0.243 e. The third-order valence-electron chi connectivity index (χ3n) is 4.50. The average molecular weight is 324 g/mol. The maximum atomic E-state index is 12.8. The first-order chi connectivity index (χ1) is 10.7. The number of morpholine rings is 1. The molecule has 0 unspecified atom stereocenters. The van der Waals surface area contributed by atoms with E-state index in [4.69, 9.17) is 4.74 Å². The lowest BCUT2D eigenvalue weighted by molar-refractivity contribution is 0.0730. The van der Waals surface area contributed by atoms with E-state index in [2.05, 4.69) is 5.32 Å². The van der Waals surface area contributed by atoms with Gasteiger partial charge in [0.05, 0.1) is 18.1 Å². The molecule has 1 aliphatic carbocycles. The standard InChI is InChI=1S/C16H24N2O3S/c19-22(20,18-9-11-21-12-10-18)16-8-4-1-5-14(16)13-17-15-6-2-3-7-15/h1,4-5,8,15,17H,2-3,6-7,9-13H2. The number of ether oxygens (including phenoxy) is 1. The molecule has 0 amide bonds. The van der Waals surface area contributed by atoms with Crippen LogP contribution in [0.4, 0.5) is 0 Å². The summed E-state index contributed by atoms with van der Waals surface area (Å²) in [4.78, 5) is 0.433. The van der Waals surface area contributed by atoms with Crippen LogP contribution < -0.4 is 5.32 Å². The Morgan fingerprint density at radius 3 is 2.55 bits per heavy atom. The lowest BCUT2D eigenvalue weighted by atomic mass is 10.2. The minimum Gasteiger partial charge on any atom is -0.379 e. The molecular formula is C16H24N2O3S. The van der Waals surface area contributed by atoms with Crippen molar-refractivity contribution in [1.82, 2.24) is 9.62 Å². The monoisotopic (exact) mass is 324 g/mol. The Bertz CT molecular complexity index is 591. The average Bonchev–Trinajstić information content (AvgIpc) is 3.07. The van der Waals surface area contributed by atoms with Gasteiger partial charge in [0.25, 0.3) is 0 Å². The molecule has 0 atom stereocenters. The highest BCUT2D eigenvalue weighted by atomic mass is 32.2. The molecule has 0 radical (unpaired) electrons. The SMILES string of the molecule is O=S(=O)(c1ccccc1CNC1CCCC1)N1CCOCC1. The first-order valence-corrected chi connectivity index (χ1v) is 9.51. The van der Waals surface area contributed by atoms with Gasteiger partial charge in [-0.15, -0.1) is 0 Å². The van der Waals surface area contributed by atoms with Crippen LogP contribution in [0.2, 0.25) is 0 Å². The summed E-state index contributed by atoms with van der Waals surface area (Å²) in [5.41, 5.74) is 0.862. The lowest BCUT2D eigenvalue weighted by Crippen LogP contribution is -2.41. The molecule has 22 heavy (non-hydrogen) atoms. The van der Waals surface area contributed by atoms with E-state index in [9.17, 15) is 8.42 Å². The highest BCUT2D eigenvalue weighted by Crippen LogP contribution is 2.23. The molecule has 5 nitrogen and oxygen atoms in total. The van der Waals surface area contributed by atoms with Crippen molar-refractivity contribution in [2.45, 2.75) is 43.2 Å². The van der Waals surface area contributed by atoms with Gasteiger partial charge >= 0.3 is 0 Å². The second kappa shape index (κ2) is 7.08. The number of nitrogens with one attached hydrogen (secondary N) is 1. The summed E-state index contributed by atoms with van der Waals surface area (Å²) in [5.74, 6) is 0. The van der Waals surface area contributed by atoms with E-state index in [0.717, 1.165) is 5.56 Å². The molecule has 1 saturated carbocycles. The number of sulfonamides is 1. The number of hydrogen-bond acceptors (Lipinski definition) is 4. The van der Waals surface area contributed by atoms with Crippen LogP contribution in [0.1, 0.15) is 31.2 Å². The fraction of sp³-hybridized carbons (Fsp3) is 0.625. The number of benzene rings is 1. The van der Waals surface area contributed by atoms with E-state index in [1.54, 1.807) is 12.1 Å². The van der Waals surface area contributed by atoms with Gasteiger partial charge in [-0.25, -0.2) is 8.42 Å². The van der Waals surface area contributed by atoms with Crippen molar-refractivity contribution in [1.29, 1.82) is 0 Å². The molecule has 6 heteroatoms. The predicted octanol–water partition coefficient (Wildman–Crippen LogP) is 1.74. The summed E-state index contributed by atoms with van der Waals surface area (Å²) in [7, 11) is -3.43. The van der Waals surface area contributed by atoms with E-state index >= 15 is 0 Å². The van der Waals surface area contributed by atoms with E-state index < -0.39 is 10.0 Å². The molecule has 1 aliphatic heterocycles. The summed E-state index contributed by atoms with van der Waals surface area (Å²) in [5, 5.41) is 3.51. The Balaban J connectivity index is 1.77. The van der Waals surface area contributed by atoms with Crippen molar-refractivity contribution in [2.75, 3.05) is 26.3 Å². The van der Waals surface area contributed by atoms with Crippen LogP contribution >= 0.6 is 0 Å². The molecule has 0 aromatic heterocycles. The van der Waals surface area contributed by atoms with Crippen LogP contribution in [-0.2, 0) is 21.3 Å². The van der Waals surface area contributed by atoms with Crippen LogP contribution in [-0.4, -0.2) is 45.1 Å². The molecule has 122 valence electrons. The van der Waals surface area contributed by atoms with Crippen LogP contribution in [0.15, 0.2) is 29.2 Å². The van der Waals surface area contributed by atoms with Crippen molar-refractivity contribution in [3.63, 3.8) is 0 Å². The highest BCUT2D eigenvalue weighted by molar-refractivity contribution is 7.89. The summed E-state index contributed by atoms with van der Waals surface area (Å²) in [6.07, 6.45) is 4.92. The van der Waals surface area contributed by atoms with Gasteiger partial charge in [-0.05, 0) is 24.5 Å². The third kappa shape index (κ3) is 3.51. The minimum atomic E-state index is -3.43. The van der Waals surface area contributed by atoms with Crippen LogP contribution in [0, 0.1) is 0 Å². The van der Waals surface area contributed by atoms with Crippen LogP contribution in [0.25, 0.3) is 0 Å². The van der Waals surface area contributed by atoms with Crippen molar-refractivity contribution in [3.8, 4) is 0 Å². The molecule has 1 heterocycles. The maximum absolute atomic E-state index is 12.8. The van der Waals surface area contributed by atoms with Gasteiger partial charge < -0.3 is 10.1 Å². The van der Waals surface area contributed by atoms with Gasteiger partial charge in [-0.2, -0.15) is 4.31 Å². The normalized spacial score (nSPS) is 21.3. The largest absolute Gasteiger partial charge is 0.379 e. The zero-order valence-electron chi connectivity index (χ0n) is 12.8. The van der Waals surface area contributed by atoms with Crippen LogP contribution in [0.5, 0.6) is 0 Å². The van der Waals surface area contributed by atoms with Gasteiger partial charge in [0, 0.05) is 25.7 Å². The first-order valence-electron chi connectivity index (χ1n) is 8.07. The van der Waals surface area contributed by atoms with E-state index in [-0.39, 0.29) is 0 Å². The Kier molecular flexibility index (Phi) is 5.13. The summed E-state index contributed by atoms with van der Waals surface area (Å²) >= 11 is 0. The Morgan fingerprint density at radius 1 is 1.14 bits per heavy atom. The van der Waals surface area contributed by atoms with Gasteiger partial charge in [-0.3, -0.25) is 0 Å². The fourth-order valence-corrected chi connectivity index (χ4v) is 4.84. The van der Waals surface area contributed by atoms with Gasteiger partial charge in [0.2, 0.25) is 10.0 Å². The second-order valence-electron chi connectivity index (χ2n) is 5.99. The highest BCUT2D eigenvalue weighted by Gasteiger charge is 2.28. The zero-order valence-corrected chi connectivity index (χ0v) is 13.6. The zero-order chi connectivity index (χ0) is 15.4. The van der Waals surface area contributed by atoms with Crippen molar-refractivity contribution < 1.29 is 13.2 Å². The van der Waals surface area contributed by atoms with Gasteiger partial charge in [-0.1, -0.05) is 31.0 Å². The second-order valence-corrected chi connectivity index (χ2v) is 7.89. The summed E-state index contributed by atoms with van der Waals surface area (Å²) in [6.45, 7) is 2.44. The Hall–Kier alpha value is -0.950. The van der Waals surface area contributed by atoms with Crippen molar-refractivity contribution in [3.05, 3.63) is 29.8 Å². The van der Waals surface area contributed by atoms with E-state index in [1.165, 1.54) is 30.0 Å². The number of nitrogens with zero attached hydrogens (tertiary/aromatic N) is 1. The topological polar surface area (TPSA) is 58.6 Å². The van der Waals surface area contributed by atoms with E-state index in [0.29, 0.717) is 43.8 Å². The smallest absolute Gasteiger partial charge is 0.243 e.